The smallest absolute Gasteiger partial charge is 0.137 e. The van der Waals surface area contributed by atoms with Crippen molar-refractivity contribution >= 4 is 57.1 Å². The van der Waals surface area contributed by atoms with Crippen LogP contribution in [0.5, 0.6) is 0 Å². The molecular formula is C30H25N3S2. The molecule has 0 aliphatic carbocycles. The lowest BCUT2D eigenvalue weighted by atomic mass is 9.84. The van der Waals surface area contributed by atoms with E-state index in [4.69, 9.17) is 17.6 Å². The van der Waals surface area contributed by atoms with Gasteiger partial charge >= 0.3 is 0 Å². The van der Waals surface area contributed by atoms with Crippen LogP contribution in [-0.4, -0.2) is 14.5 Å². The highest BCUT2D eigenvalue weighted by molar-refractivity contribution is 7.99. The van der Waals surface area contributed by atoms with Crippen LogP contribution in [0.2, 0.25) is 0 Å². The molecule has 0 radical (unpaired) electrons. The van der Waals surface area contributed by atoms with Gasteiger partial charge in [0.25, 0.3) is 0 Å². The van der Waals surface area contributed by atoms with Crippen molar-refractivity contribution in [1.82, 2.24) is 14.5 Å². The Morgan fingerprint density at radius 1 is 0.771 bits per heavy atom. The Morgan fingerprint density at radius 3 is 2.34 bits per heavy atom. The Morgan fingerprint density at radius 2 is 1.54 bits per heavy atom. The number of pyridine rings is 2. The summed E-state index contributed by atoms with van der Waals surface area (Å²) >= 11 is 6.39. The second-order valence-corrected chi connectivity index (χ2v) is 11.3. The molecule has 6 aromatic rings. The molecule has 0 bridgehead atoms. The van der Waals surface area contributed by atoms with E-state index in [0.717, 1.165) is 37.2 Å². The van der Waals surface area contributed by atoms with Gasteiger partial charge in [-0.3, -0.25) is 4.57 Å². The monoisotopic (exact) mass is 491 g/mol. The summed E-state index contributed by atoms with van der Waals surface area (Å²) in [6.45, 7) is 6.70. The van der Waals surface area contributed by atoms with Crippen molar-refractivity contribution in [3.05, 3.63) is 96.7 Å². The molecule has 0 fully saturated rings. The first kappa shape index (κ1) is 22.2. The zero-order valence-corrected chi connectivity index (χ0v) is 21.6. The average Bonchev–Trinajstić information content (AvgIpc) is 3.18. The van der Waals surface area contributed by atoms with Crippen LogP contribution < -0.4 is 0 Å². The van der Waals surface area contributed by atoms with Gasteiger partial charge in [0.05, 0.1) is 16.6 Å². The normalized spacial score (nSPS) is 12.1. The fourth-order valence-corrected chi connectivity index (χ4v) is 5.83. The number of thiol groups is 1. The summed E-state index contributed by atoms with van der Waals surface area (Å²) < 4.78 is 2.24. The maximum Gasteiger partial charge on any atom is 0.137 e. The molecule has 0 saturated carbocycles. The summed E-state index contributed by atoms with van der Waals surface area (Å²) in [5.74, 6) is 0.916. The predicted octanol–water partition coefficient (Wildman–Crippen LogP) is 8.46. The van der Waals surface area contributed by atoms with Gasteiger partial charge in [-0.15, -0.1) is 12.6 Å². The lowest BCUT2D eigenvalue weighted by molar-refractivity contribution is 0.595. The SMILES string of the molecule is CC(C)(C)c1ccc(S)c2nc(Sc3ccc4c5ccccc5n(-c5ccccn5)c4c3)ccc12. The standard InChI is InChI=1S/C30H25N3S2/c1-30(2,3)23-14-15-26(34)29-22(23)13-16-28(32-29)35-19-11-12-21-20-8-4-5-9-24(20)33(25(21)18-19)27-10-6-7-17-31-27/h4-18,34H,1-3H3. The quantitative estimate of drug-likeness (QED) is 0.252. The zero-order valence-electron chi connectivity index (χ0n) is 19.9. The maximum absolute atomic E-state index is 5.02. The van der Waals surface area contributed by atoms with Gasteiger partial charge in [0.15, 0.2) is 0 Å². The number of fused-ring (bicyclic) bond motifs is 4. The van der Waals surface area contributed by atoms with Crippen molar-refractivity contribution in [3.8, 4) is 5.82 Å². The van der Waals surface area contributed by atoms with E-state index in [0.29, 0.717) is 0 Å². The van der Waals surface area contributed by atoms with E-state index >= 15 is 0 Å². The third-order valence-corrected chi connectivity index (χ3v) is 7.65. The predicted molar refractivity (Wildman–Crippen MR) is 150 cm³/mol. The Balaban J connectivity index is 1.48. The first-order valence-corrected chi connectivity index (χ1v) is 12.9. The Bertz CT molecular complexity index is 1710. The van der Waals surface area contributed by atoms with Crippen LogP contribution in [0.4, 0.5) is 0 Å². The highest BCUT2D eigenvalue weighted by atomic mass is 32.2. The third kappa shape index (κ3) is 3.89. The minimum atomic E-state index is 0.0417. The van der Waals surface area contributed by atoms with Crippen molar-refractivity contribution in [2.24, 2.45) is 0 Å². The molecule has 0 unspecified atom stereocenters. The fourth-order valence-electron chi connectivity index (χ4n) is 4.76. The minimum Gasteiger partial charge on any atom is -0.294 e. The van der Waals surface area contributed by atoms with E-state index in [-0.39, 0.29) is 5.41 Å². The number of aromatic nitrogens is 3. The van der Waals surface area contributed by atoms with Gasteiger partial charge < -0.3 is 0 Å². The second-order valence-electron chi connectivity index (χ2n) is 9.75. The number of hydrogen-bond donors (Lipinski definition) is 1. The maximum atomic E-state index is 5.02. The van der Waals surface area contributed by atoms with Gasteiger partial charge in [-0.25, -0.2) is 9.97 Å². The molecule has 0 atom stereocenters. The Kier molecular flexibility index (Phi) is 5.35. The van der Waals surface area contributed by atoms with Crippen LogP contribution in [0.3, 0.4) is 0 Å². The van der Waals surface area contributed by atoms with Gasteiger partial charge in [0.1, 0.15) is 10.8 Å². The van der Waals surface area contributed by atoms with Gasteiger partial charge in [0, 0.05) is 32.1 Å². The van der Waals surface area contributed by atoms with Crippen molar-refractivity contribution < 1.29 is 0 Å². The highest BCUT2D eigenvalue weighted by Gasteiger charge is 2.19. The summed E-state index contributed by atoms with van der Waals surface area (Å²) in [5.41, 5.74) is 4.58. The zero-order chi connectivity index (χ0) is 24.2. The fraction of sp³-hybridized carbons (Fsp3) is 0.133. The van der Waals surface area contributed by atoms with Crippen molar-refractivity contribution in [2.45, 2.75) is 41.0 Å². The molecule has 3 aromatic heterocycles. The molecule has 0 saturated heterocycles. The third-order valence-electron chi connectivity index (χ3n) is 6.36. The highest BCUT2D eigenvalue weighted by Crippen LogP contribution is 2.38. The molecule has 6 rings (SSSR count). The number of nitrogens with zero attached hydrogens (tertiary/aromatic N) is 3. The Hall–Kier alpha value is -3.28. The van der Waals surface area contributed by atoms with Crippen LogP contribution in [0.1, 0.15) is 26.3 Å². The summed E-state index contributed by atoms with van der Waals surface area (Å²) in [4.78, 5) is 11.7. The summed E-state index contributed by atoms with van der Waals surface area (Å²) in [7, 11) is 0. The van der Waals surface area contributed by atoms with Crippen molar-refractivity contribution in [3.63, 3.8) is 0 Å². The summed E-state index contributed by atoms with van der Waals surface area (Å²) in [6.07, 6.45) is 1.84. The molecular weight excluding hydrogens is 466 g/mol. The molecule has 3 nitrogen and oxygen atoms in total. The Labute approximate surface area is 214 Å². The number of rotatable bonds is 3. The number of benzene rings is 3. The molecule has 3 heterocycles. The lowest BCUT2D eigenvalue weighted by Crippen LogP contribution is -2.11. The minimum absolute atomic E-state index is 0.0417. The molecule has 0 aliphatic rings. The van der Waals surface area contributed by atoms with Crippen molar-refractivity contribution in [1.29, 1.82) is 0 Å². The van der Waals surface area contributed by atoms with Gasteiger partial charge in [-0.2, -0.15) is 0 Å². The van der Waals surface area contributed by atoms with Gasteiger partial charge in [0.2, 0.25) is 0 Å². The number of hydrogen-bond acceptors (Lipinski definition) is 4. The molecule has 35 heavy (non-hydrogen) atoms. The second kappa shape index (κ2) is 8.43. The van der Waals surface area contributed by atoms with Crippen LogP contribution in [0.25, 0.3) is 38.5 Å². The molecule has 3 aromatic carbocycles. The van der Waals surface area contributed by atoms with Gasteiger partial charge in [-0.05, 0) is 59.5 Å². The summed E-state index contributed by atoms with van der Waals surface area (Å²) in [5, 5.41) is 4.57. The topological polar surface area (TPSA) is 30.7 Å². The van der Waals surface area contributed by atoms with Gasteiger partial charge in [-0.1, -0.05) is 68.9 Å². The van der Waals surface area contributed by atoms with Crippen LogP contribution >= 0.6 is 24.4 Å². The van der Waals surface area contributed by atoms with E-state index in [1.165, 1.54) is 21.7 Å². The van der Waals surface area contributed by atoms with E-state index in [1.54, 1.807) is 11.8 Å². The summed E-state index contributed by atoms with van der Waals surface area (Å²) in [6, 6.07) is 29.7. The van der Waals surface area contributed by atoms with Crippen LogP contribution in [0, 0.1) is 0 Å². The van der Waals surface area contributed by atoms with E-state index < -0.39 is 0 Å². The van der Waals surface area contributed by atoms with E-state index in [1.807, 2.05) is 18.3 Å². The van der Waals surface area contributed by atoms with Crippen LogP contribution in [0.15, 0.2) is 106 Å². The first-order valence-electron chi connectivity index (χ1n) is 11.7. The molecule has 0 amide bonds. The first-order chi connectivity index (χ1) is 16.9. The average molecular weight is 492 g/mol. The van der Waals surface area contributed by atoms with Crippen molar-refractivity contribution in [2.75, 3.05) is 0 Å². The molecule has 0 N–H and O–H groups in total. The number of para-hydroxylation sites is 1. The molecule has 0 aliphatic heterocycles. The molecule has 172 valence electrons. The lowest BCUT2D eigenvalue weighted by Gasteiger charge is -2.21. The van der Waals surface area contributed by atoms with E-state index in [2.05, 4.69) is 103 Å². The molecule has 5 heteroatoms. The van der Waals surface area contributed by atoms with E-state index in [9.17, 15) is 0 Å². The largest absolute Gasteiger partial charge is 0.294 e. The van der Waals surface area contributed by atoms with Crippen LogP contribution in [-0.2, 0) is 5.41 Å². The molecule has 0 spiro atoms.